The van der Waals surface area contributed by atoms with Crippen LogP contribution in [0.15, 0.2) is 53.4 Å². The van der Waals surface area contributed by atoms with E-state index in [2.05, 4.69) is 0 Å². The molecule has 146 valence electrons. The molecule has 1 N–H and O–H groups in total. The summed E-state index contributed by atoms with van der Waals surface area (Å²) in [5.41, 5.74) is -0.908. The zero-order valence-electron chi connectivity index (χ0n) is 14.7. The van der Waals surface area contributed by atoms with Crippen LogP contribution in [0.2, 0.25) is 0 Å². The summed E-state index contributed by atoms with van der Waals surface area (Å²) in [6.45, 7) is 0. The molecule has 0 aliphatic heterocycles. The van der Waals surface area contributed by atoms with Crippen molar-refractivity contribution < 1.29 is 27.7 Å². The average molecular weight is 404 g/mol. The molecule has 1 aliphatic carbocycles. The lowest BCUT2D eigenvalue weighted by Crippen LogP contribution is -2.51. The van der Waals surface area contributed by atoms with Gasteiger partial charge in [0.05, 0.1) is 16.9 Å². The molecule has 0 saturated heterocycles. The van der Waals surface area contributed by atoms with Crippen LogP contribution in [0, 0.1) is 10.1 Å². The quantitative estimate of drug-likeness (QED) is 0.345. The van der Waals surface area contributed by atoms with Crippen LogP contribution in [-0.4, -0.2) is 32.3 Å². The minimum Gasteiger partial charge on any atom is -0.468 e. The number of amides is 1. The molecule has 9 nitrogen and oxygen atoms in total. The van der Waals surface area contributed by atoms with E-state index in [1.807, 2.05) is 4.72 Å². The van der Waals surface area contributed by atoms with E-state index in [4.69, 9.17) is 4.74 Å². The van der Waals surface area contributed by atoms with Crippen LogP contribution in [0.1, 0.15) is 17.5 Å². The number of esters is 1. The van der Waals surface area contributed by atoms with Gasteiger partial charge in [-0.05, 0) is 36.1 Å². The second-order valence-electron chi connectivity index (χ2n) is 6.24. The molecule has 0 fully saturated rings. The number of hydrogen-bond acceptors (Lipinski definition) is 7. The van der Waals surface area contributed by atoms with Crippen molar-refractivity contribution in [2.75, 3.05) is 7.11 Å². The smallest absolute Gasteiger partial charge is 0.325 e. The molecule has 1 amide bonds. The van der Waals surface area contributed by atoms with Crippen molar-refractivity contribution in [3.63, 3.8) is 0 Å². The van der Waals surface area contributed by atoms with Crippen molar-refractivity contribution in [3.05, 3.63) is 69.8 Å². The standard InChI is InChI=1S/C18H16N2O7S/c1-27-17(22)18(11-10-12-4-2-3-5-15(12)18)16(21)19-28(25,26)14-8-6-13(7-9-14)20(23)24/h2-9H,10-11H2,1H3,(H,19,21). The Morgan fingerprint density at radius 1 is 1.14 bits per heavy atom. The minimum atomic E-state index is -4.35. The molecule has 2 aromatic rings. The molecule has 0 spiro atoms. The molecule has 0 bridgehead atoms. The number of nitro groups is 1. The number of aryl methyl sites for hydroxylation is 1. The largest absolute Gasteiger partial charge is 0.468 e. The number of methoxy groups -OCH3 is 1. The summed E-state index contributed by atoms with van der Waals surface area (Å²) in [7, 11) is -3.22. The maximum Gasteiger partial charge on any atom is 0.325 e. The van der Waals surface area contributed by atoms with E-state index in [1.54, 1.807) is 24.3 Å². The first-order valence-corrected chi connectivity index (χ1v) is 9.69. The first kappa shape index (κ1) is 19.5. The Bertz CT molecular complexity index is 1060. The van der Waals surface area contributed by atoms with E-state index >= 15 is 0 Å². The highest BCUT2D eigenvalue weighted by Crippen LogP contribution is 2.40. The Morgan fingerprint density at radius 3 is 2.39 bits per heavy atom. The molecular formula is C18H16N2O7S. The Kier molecular flexibility index (Phi) is 4.90. The Hall–Kier alpha value is -3.27. The molecule has 2 aromatic carbocycles. The second kappa shape index (κ2) is 7.04. The van der Waals surface area contributed by atoms with E-state index in [0.29, 0.717) is 12.0 Å². The summed E-state index contributed by atoms with van der Waals surface area (Å²) in [6.07, 6.45) is 0.483. The molecule has 1 unspecified atom stereocenters. The van der Waals surface area contributed by atoms with E-state index in [-0.39, 0.29) is 17.0 Å². The summed E-state index contributed by atoms with van der Waals surface area (Å²) in [5.74, 6) is -1.88. The first-order valence-electron chi connectivity index (χ1n) is 8.21. The third kappa shape index (κ3) is 3.11. The van der Waals surface area contributed by atoms with Gasteiger partial charge >= 0.3 is 5.97 Å². The van der Waals surface area contributed by atoms with Crippen LogP contribution < -0.4 is 4.72 Å². The van der Waals surface area contributed by atoms with Crippen LogP contribution in [0.3, 0.4) is 0 Å². The number of carbonyl (C=O) groups is 2. The highest BCUT2D eigenvalue weighted by molar-refractivity contribution is 7.90. The van der Waals surface area contributed by atoms with E-state index in [9.17, 15) is 28.1 Å². The van der Waals surface area contributed by atoms with Crippen molar-refractivity contribution in [1.29, 1.82) is 0 Å². The zero-order valence-corrected chi connectivity index (χ0v) is 15.6. The number of sulfonamides is 1. The van der Waals surface area contributed by atoms with E-state index in [1.165, 1.54) is 0 Å². The first-order chi connectivity index (χ1) is 13.2. The molecular weight excluding hydrogens is 388 g/mol. The summed E-state index contributed by atoms with van der Waals surface area (Å²) in [5, 5.41) is 10.7. The summed E-state index contributed by atoms with van der Waals surface area (Å²) >= 11 is 0. The third-order valence-electron chi connectivity index (χ3n) is 4.75. The van der Waals surface area contributed by atoms with Gasteiger partial charge in [-0.25, -0.2) is 13.1 Å². The predicted molar refractivity (Wildman–Crippen MR) is 96.9 cm³/mol. The monoisotopic (exact) mass is 404 g/mol. The number of nitrogens with zero attached hydrogens (tertiary/aromatic N) is 1. The molecule has 0 radical (unpaired) electrons. The normalized spacial score (nSPS) is 18.2. The lowest BCUT2D eigenvalue weighted by molar-refractivity contribution is -0.384. The second-order valence-corrected chi connectivity index (χ2v) is 7.92. The van der Waals surface area contributed by atoms with Crippen molar-refractivity contribution in [2.24, 2.45) is 0 Å². The summed E-state index contributed by atoms with van der Waals surface area (Å²) in [4.78, 5) is 35.2. The molecule has 1 aliphatic rings. The van der Waals surface area contributed by atoms with Crippen LogP contribution in [0.5, 0.6) is 0 Å². The number of nitrogens with one attached hydrogen (secondary N) is 1. The maximum absolute atomic E-state index is 13.0. The fourth-order valence-electron chi connectivity index (χ4n) is 3.34. The predicted octanol–water partition coefficient (Wildman–Crippen LogP) is 1.46. The Labute approximate surface area is 160 Å². The molecule has 0 aromatic heterocycles. The maximum atomic E-state index is 13.0. The molecule has 3 rings (SSSR count). The number of benzene rings is 2. The number of nitro benzene ring substituents is 1. The number of non-ortho nitro benzene ring substituents is 1. The van der Waals surface area contributed by atoms with Crippen molar-refractivity contribution >= 4 is 27.6 Å². The van der Waals surface area contributed by atoms with E-state index in [0.717, 1.165) is 36.9 Å². The van der Waals surface area contributed by atoms with Gasteiger partial charge < -0.3 is 4.74 Å². The van der Waals surface area contributed by atoms with Gasteiger partial charge in [0.25, 0.3) is 21.6 Å². The summed E-state index contributed by atoms with van der Waals surface area (Å²) in [6, 6.07) is 10.8. The molecule has 1 atom stereocenters. The van der Waals surface area contributed by atoms with Gasteiger partial charge in [-0.15, -0.1) is 0 Å². The van der Waals surface area contributed by atoms with Crippen LogP contribution in [0.4, 0.5) is 5.69 Å². The van der Waals surface area contributed by atoms with Gasteiger partial charge in [-0.3, -0.25) is 19.7 Å². The fraction of sp³-hybridized carbons (Fsp3) is 0.222. The molecule has 28 heavy (non-hydrogen) atoms. The number of fused-ring (bicyclic) bond motifs is 1. The SMILES string of the molecule is COC(=O)C1(C(=O)NS(=O)(=O)c2ccc([N+](=O)[O-])cc2)CCc2ccccc21. The van der Waals surface area contributed by atoms with Crippen LogP contribution in [0.25, 0.3) is 0 Å². The van der Waals surface area contributed by atoms with Crippen molar-refractivity contribution in [3.8, 4) is 0 Å². The number of ether oxygens (including phenoxy) is 1. The van der Waals surface area contributed by atoms with Gasteiger partial charge in [-0.1, -0.05) is 24.3 Å². The lowest BCUT2D eigenvalue weighted by atomic mass is 9.81. The number of rotatable bonds is 5. The lowest BCUT2D eigenvalue weighted by Gasteiger charge is -2.26. The number of hydrogen-bond donors (Lipinski definition) is 1. The number of carbonyl (C=O) groups excluding carboxylic acids is 2. The molecule has 0 heterocycles. The van der Waals surface area contributed by atoms with Crippen molar-refractivity contribution in [1.82, 2.24) is 4.72 Å². The average Bonchev–Trinajstić information content (AvgIpc) is 3.08. The van der Waals surface area contributed by atoms with Gasteiger partial charge in [-0.2, -0.15) is 0 Å². The van der Waals surface area contributed by atoms with Gasteiger partial charge in [0.2, 0.25) is 0 Å². The molecule has 10 heteroatoms. The minimum absolute atomic E-state index is 0.0701. The Balaban J connectivity index is 1.97. The van der Waals surface area contributed by atoms with Gasteiger partial charge in [0.15, 0.2) is 5.41 Å². The topological polar surface area (TPSA) is 133 Å². The van der Waals surface area contributed by atoms with Gasteiger partial charge in [0.1, 0.15) is 0 Å². The van der Waals surface area contributed by atoms with E-state index < -0.39 is 32.2 Å². The van der Waals surface area contributed by atoms with Crippen molar-refractivity contribution in [2.45, 2.75) is 23.2 Å². The highest BCUT2D eigenvalue weighted by Gasteiger charge is 2.53. The molecule has 0 saturated carbocycles. The van der Waals surface area contributed by atoms with Crippen LogP contribution >= 0.6 is 0 Å². The Morgan fingerprint density at radius 2 is 1.79 bits per heavy atom. The highest BCUT2D eigenvalue weighted by atomic mass is 32.2. The van der Waals surface area contributed by atoms with Crippen LogP contribution in [-0.2, 0) is 36.2 Å². The zero-order chi connectivity index (χ0) is 20.5. The fourth-order valence-corrected chi connectivity index (χ4v) is 4.37. The summed E-state index contributed by atoms with van der Waals surface area (Å²) < 4.78 is 31.9. The third-order valence-corrected chi connectivity index (χ3v) is 6.10. The van der Waals surface area contributed by atoms with Gasteiger partial charge in [0, 0.05) is 12.1 Å².